The summed E-state index contributed by atoms with van der Waals surface area (Å²) in [7, 11) is 3.07. The maximum Gasteiger partial charge on any atom is 0.340 e. The molecule has 0 bridgehead atoms. The highest BCUT2D eigenvalue weighted by atomic mass is 16.5. The number of carbonyl (C=O) groups is 2. The van der Waals surface area contributed by atoms with Gasteiger partial charge in [0.1, 0.15) is 0 Å². The van der Waals surface area contributed by atoms with E-state index >= 15 is 0 Å². The predicted octanol–water partition coefficient (Wildman–Crippen LogP) is 3.97. The van der Waals surface area contributed by atoms with E-state index in [0.29, 0.717) is 28.4 Å². The van der Waals surface area contributed by atoms with E-state index in [1.54, 1.807) is 45.2 Å². The Morgan fingerprint density at radius 1 is 1.03 bits per heavy atom. The van der Waals surface area contributed by atoms with Crippen molar-refractivity contribution in [3.63, 3.8) is 0 Å². The maximum absolute atomic E-state index is 13.3. The van der Waals surface area contributed by atoms with Gasteiger partial charge < -0.3 is 14.2 Å². The van der Waals surface area contributed by atoms with Crippen LogP contribution in [0.4, 0.5) is 5.69 Å². The SMILES string of the molecule is CCOC(=O)C1=C(C)N(c2ccccc2)C(=O)C1=Cc1cccc(OC)c1OC. The van der Waals surface area contributed by atoms with Crippen molar-refractivity contribution in [3.8, 4) is 11.5 Å². The van der Waals surface area contributed by atoms with Crippen LogP contribution in [-0.4, -0.2) is 32.7 Å². The number of ether oxygens (including phenoxy) is 3. The molecule has 1 amide bonds. The van der Waals surface area contributed by atoms with E-state index in [1.807, 2.05) is 30.3 Å². The minimum absolute atomic E-state index is 0.213. The van der Waals surface area contributed by atoms with E-state index in [-0.39, 0.29) is 23.7 Å². The number of nitrogens with zero attached hydrogens (tertiary/aromatic N) is 1. The lowest BCUT2D eigenvalue weighted by molar-refractivity contribution is -0.138. The minimum atomic E-state index is -0.537. The second-order valence-corrected chi connectivity index (χ2v) is 6.30. The third-order valence-electron chi connectivity index (χ3n) is 4.63. The summed E-state index contributed by atoms with van der Waals surface area (Å²) in [4.78, 5) is 27.5. The topological polar surface area (TPSA) is 65.1 Å². The Labute approximate surface area is 170 Å². The Morgan fingerprint density at radius 2 is 1.76 bits per heavy atom. The van der Waals surface area contributed by atoms with E-state index < -0.39 is 5.97 Å². The first-order valence-corrected chi connectivity index (χ1v) is 9.24. The summed E-state index contributed by atoms with van der Waals surface area (Å²) in [5, 5.41) is 0. The van der Waals surface area contributed by atoms with Gasteiger partial charge in [-0.25, -0.2) is 4.79 Å². The predicted molar refractivity (Wildman–Crippen MR) is 111 cm³/mol. The van der Waals surface area contributed by atoms with Crippen LogP contribution in [0.1, 0.15) is 19.4 Å². The van der Waals surface area contributed by atoms with Crippen LogP contribution in [0.5, 0.6) is 11.5 Å². The second kappa shape index (κ2) is 8.65. The van der Waals surface area contributed by atoms with Crippen molar-refractivity contribution >= 4 is 23.6 Å². The fourth-order valence-corrected chi connectivity index (χ4v) is 3.35. The Morgan fingerprint density at radius 3 is 2.38 bits per heavy atom. The van der Waals surface area contributed by atoms with Crippen molar-refractivity contribution in [2.75, 3.05) is 25.7 Å². The zero-order valence-corrected chi connectivity index (χ0v) is 16.9. The molecular formula is C23H23NO5. The first-order valence-electron chi connectivity index (χ1n) is 9.24. The van der Waals surface area contributed by atoms with Crippen molar-refractivity contribution in [1.82, 2.24) is 0 Å². The van der Waals surface area contributed by atoms with Gasteiger partial charge in [0.2, 0.25) is 0 Å². The molecule has 150 valence electrons. The highest BCUT2D eigenvalue weighted by Crippen LogP contribution is 2.38. The van der Waals surface area contributed by atoms with E-state index in [1.165, 1.54) is 12.0 Å². The summed E-state index contributed by atoms with van der Waals surface area (Å²) >= 11 is 0. The number of hydrogen-bond donors (Lipinski definition) is 0. The molecule has 0 saturated carbocycles. The number of hydrogen-bond acceptors (Lipinski definition) is 5. The average Bonchev–Trinajstić information content (AvgIpc) is 2.98. The smallest absolute Gasteiger partial charge is 0.340 e. The molecule has 0 unspecified atom stereocenters. The van der Waals surface area contributed by atoms with Crippen LogP contribution < -0.4 is 14.4 Å². The van der Waals surface area contributed by atoms with Crippen LogP contribution in [0.3, 0.4) is 0 Å². The lowest BCUT2D eigenvalue weighted by Crippen LogP contribution is -2.24. The summed E-state index contributed by atoms with van der Waals surface area (Å²) in [5.74, 6) is 0.173. The molecule has 1 aliphatic heterocycles. The number of benzene rings is 2. The molecule has 0 radical (unpaired) electrons. The van der Waals surface area contributed by atoms with Crippen LogP contribution >= 0.6 is 0 Å². The molecular weight excluding hydrogens is 370 g/mol. The summed E-state index contributed by atoms with van der Waals surface area (Å²) in [5.41, 5.74) is 2.31. The van der Waals surface area contributed by atoms with Gasteiger partial charge in [0.15, 0.2) is 11.5 Å². The minimum Gasteiger partial charge on any atom is -0.493 e. The number of methoxy groups -OCH3 is 2. The summed E-state index contributed by atoms with van der Waals surface area (Å²) in [6, 6.07) is 14.5. The van der Waals surface area contributed by atoms with Crippen LogP contribution in [0, 0.1) is 0 Å². The summed E-state index contributed by atoms with van der Waals surface area (Å²) in [6.07, 6.45) is 1.64. The molecule has 0 aromatic heterocycles. The molecule has 1 aliphatic rings. The molecule has 2 aromatic carbocycles. The van der Waals surface area contributed by atoms with Crippen LogP contribution in [0.15, 0.2) is 65.4 Å². The number of anilines is 1. The van der Waals surface area contributed by atoms with Crippen molar-refractivity contribution in [2.45, 2.75) is 13.8 Å². The highest BCUT2D eigenvalue weighted by Gasteiger charge is 2.38. The molecule has 3 rings (SSSR count). The number of para-hydroxylation sites is 2. The van der Waals surface area contributed by atoms with Crippen LogP contribution in [0.25, 0.3) is 6.08 Å². The van der Waals surface area contributed by atoms with Crippen molar-refractivity contribution in [1.29, 1.82) is 0 Å². The number of allylic oxidation sites excluding steroid dienone is 1. The Bertz CT molecular complexity index is 992. The van der Waals surface area contributed by atoms with E-state index in [4.69, 9.17) is 14.2 Å². The molecule has 6 heteroatoms. The van der Waals surface area contributed by atoms with Gasteiger partial charge in [0.25, 0.3) is 5.91 Å². The van der Waals surface area contributed by atoms with Gasteiger partial charge in [-0.1, -0.05) is 30.3 Å². The summed E-state index contributed by atoms with van der Waals surface area (Å²) in [6.45, 7) is 3.68. The Hall–Kier alpha value is -3.54. The number of rotatable bonds is 6. The van der Waals surface area contributed by atoms with Gasteiger partial charge in [0.05, 0.1) is 32.0 Å². The van der Waals surface area contributed by atoms with Gasteiger partial charge in [-0.3, -0.25) is 9.69 Å². The van der Waals surface area contributed by atoms with Gasteiger partial charge in [0, 0.05) is 16.9 Å². The molecule has 0 saturated heterocycles. The Balaban J connectivity index is 2.18. The molecule has 0 N–H and O–H groups in total. The molecule has 0 fully saturated rings. The largest absolute Gasteiger partial charge is 0.493 e. The third-order valence-corrected chi connectivity index (χ3v) is 4.63. The monoisotopic (exact) mass is 393 g/mol. The molecule has 29 heavy (non-hydrogen) atoms. The third kappa shape index (κ3) is 3.74. The van der Waals surface area contributed by atoms with Gasteiger partial charge >= 0.3 is 5.97 Å². The van der Waals surface area contributed by atoms with Crippen molar-refractivity contribution in [2.24, 2.45) is 0 Å². The van der Waals surface area contributed by atoms with Crippen molar-refractivity contribution < 1.29 is 23.8 Å². The lowest BCUT2D eigenvalue weighted by Gasteiger charge is -2.17. The second-order valence-electron chi connectivity index (χ2n) is 6.30. The van der Waals surface area contributed by atoms with Gasteiger partial charge in [-0.2, -0.15) is 0 Å². The zero-order chi connectivity index (χ0) is 21.0. The standard InChI is InChI=1S/C23H23NO5/c1-5-29-23(26)20-15(2)24(17-11-7-6-8-12-17)22(25)18(20)14-16-10-9-13-19(27-3)21(16)28-4/h6-14H,5H2,1-4H3. The lowest BCUT2D eigenvalue weighted by atomic mass is 10.0. The fourth-order valence-electron chi connectivity index (χ4n) is 3.35. The molecule has 6 nitrogen and oxygen atoms in total. The highest BCUT2D eigenvalue weighted by molar-refractivity contribution is 6.24. The van der Waals surface area contributed by atoms with E-state index in [9.17, 15) is 9.59 Å². The first-order chi connectivity index (χ1) is 14.0. The van der Waals surface area contributed by atoms with Gasteiger partial charge in [-0.05, 0) is 38.1 Å². The van der Waals surface area contributed by atoms with E-state index in [0.717, 1.165) is 0 Å². The van der Waals surface area contributed by atoms with Crippen LogP contribution in [-0.2, 0) is 14.3 Å². The molecule has 0 spiro atoms. The summed E-state index contributed by atoms with van der Waals surface area (Å²) < 4.78 is 16.0. The maximum atomic E-state index is 13.3. The fraction of sp³-hybridized carbons (Fsp3) is 0.217. The van der Waals surface area contributed by atoms with Crippen LogP contribution in [0.2, 0.25) is 0 Å². The number of esters is 1. The first kappa shape index (κ1) is 20.2. The van der Waals surface area contributed by atoms with Gasteiger partial charge in [-0.15, -0.1) is 0 Å². The average molecular weight is 393 g/mol. The molecule has 2 aromatic rings. The molecule has 0 aliphatic carbocycles. The van der Waals surface area contributed by atoms with E-state index in [2.05, 4.69) is 0 Å². The molecule has 0 atom stereocenters. The van der Waals surface area contributed by atoms with Crippen molar-refractivity contribution in [3.05, 3.63) is 70.9 Å². The zero-order valence-electron chi connectivity index (χ0n) is 16.9. The number of carbonyl (C=O) groups excluding carboxylic acids is 2. The normalized spacial score (nSPS) is 15.1. The quantitative estimate of drug-likeness (QED) is 0.549. The number of amides is 1. The Kier molecular flexibility index (Phi) is 6.02. The molecule has 1 heterocycles.